The van der Waals surface area contributed by atoms with Crippen molar-refractivity contribution in [2.24, 2.45) is 17.5 Å². The van der Waals surface area contributed by atoms with Crippen LogP contribution in [0.15, 0.2) is 17.4 Å². The number of nitrogens with zero attached hydrogens (tertiary/aromatic N) is 4. The number of aromatic nitrogens is 2. The smallest absolute Gasteiger partial charge is 0.194 e. The van der Waals surface area contributed by atoms with Gasteiger partial charge in [0.2, 0.25) is 0 Å². The van der Waals surface area contributed by atoms with Gasteiger partial charge < -0.3 is 15.0 Å². The molecule has 0 aliphatic carbocycles. The maximum atomic E-state index is 5.90. The molecule has 0 spiro atoms. The number of rotatable bonds is 3. The van der Waals surface area contributed by atoms with Crippen LogP contribution in [0.2, 0.25) is 0 Å². The minimum atomic E-state index is 0.0564. The summed E-state index contributed by atoms with van der Waals surface area (Å²) >= 11 is 0. The van der Waals surface area contributed by atoms with Crippen LogP contribution in [0.4, 0.5) is 0 Å². The van der Waals surface area contributed by atoms with Gasteiger partial charge in [-0.05, 0) is 12.3 Å². The number of nitrogens with one attached hydrogen (secondary N) is 1. The summed E-state index contributed by atoms with van der Waals surface area (Å²) in [5.41, 5.74) is 1.31. The molecule has 2 heterocycles. The molecular formula is C16H29N5O. The second-order valence-corrected chi connectivity index (χ2v) is 6.98. The second-order valence-electron chi connectivity index (χ2n) is 6.98. The van der Waals surface area contributed by atoms with Crippen molar-refractivity contribution in [2.75, 3.05) is 32.8 Å². The maximum absolute atomic E-state index is 5.90. The standard InChI is InChI=1S/C16H29N5O/c1-6-17-15(18-12-16(2,3)4)21-7-8-22-14(11-21)13-9-19-20(5)10-13/h9-10,14H,6-8,11-12H2,1-5H3,(H,17,18). The van der Waals surface area contributed by atoms with Crippen LogP contribution in [0.3, 0.4) is 0 Å². The fourth-order valence-corrected chi connectivity index (χ4v) is 2.39. The average molecular weight is 307 g/mol. The van der Waals surface area contributed by atoms with Gasteiger partial charge in [0, 0.05) is 38.4 Å². The fraction of sp³-hybridized carbons (Fsp3) is 0.750. The van der Waals surface area contributed by atoms with Crippen molar-refractivity contribution >= 4 is 5.96 Å². The van der Waals surface area contributed by atoms with Gasteiger partial charge in [0.15, 0.2) is 5.96 Å². The zero-order valence-electron chi connectivity index (χ0n) is 14.5. The molecule has 22 heavy (non-hydrogen) atoms. The molecule has 1 fully saturated rings. The van der Waals surface area contributed by atoms with Crippen molar-refractivity contribution < 1.29 is 4.74 Å². The summed E-state index contributed by atoms with van der Waals surface area (Å²) in [4.78, 5) is 7.08. The quantitative estimate of drug-likeness (QED) is 0.683. The predicted octanol–water partition coefficient (Wildman–Crippen LogP) is 1.80. The zero-order chi connectivity index (χ0) is 16.2. The Morgan fingerprint density at radius 1 is 1.50 bits per heavy atom. The molecule has 1 aliphatic heterocycles. The lowest BCUT2D eigenvalue weighted by molar-refractivity contribution is -0.00808. The lowest BCUT2D eigenvalue weighted by atomic mass is 9.97. The molecule has 1 unspecified atom stereocenters. The molecule has 1 atom stereocenters. The number of ether oxygens (including phenoxy) is 1. The number of aryl methyl sites for hydroxylation is 1. The van der Waals surface area contributed by atoms with E-state index in [0.29, 0.717) is 6.61 Å². The van der Waals surface area contributed by atoms with Gasteiger partial charge in [0.25, 0.3) is 0 Å². The number of aliphatic imine (C=N–C) groups is 1. The van der Waals surface area contributed by atoms with Crippen LogP contribution >= 0.6 is 0 Å². The van der Waals surface area contributed by atoms with E-state index in [0.717, 1.165) is 37.7 Å². The topological polar surface area (TPSA) is 54.7 Å². The summed E-state index contributed by atoms with van der Waals surface area (Å²) in [7, 11) is 1.93. The Bertz CT molecular complexity index is 503. The van der Waals surface area contributed by atoms with Gasteiger partial charge in [-0.15, -0.1) is 0 Å². The van der Waals surface area contributed by atoms with Gasteiger partial charge in [-0.3, -0.25) is 9.67 Å². The molecule has 1 saturated heterocycles. The predicted molar refractivity (Wildman–Crippen MR) is 88.9 cm³/mol. The van der Waals surface area contributed by atoms with Crippen molar-refractivity contribution in [3.8, 4) is 0 Å². The largest absolute Gasteiger partial charge is 0.370 e. The molecule has 0 aromatic carbocycles. The van der Waals surface area contributed by atoms with E-state index >= 15 is 0 Å². The Morgan fingerprint density at radius 3 is 2.86 bits per heavy atom. The zero-order valence-corrected chi connectivity index (χ0v) is 14.5. The van der Waals surface area contributed by atoms with Gasteiger partial charge in [-0.1, -0.05) is 20.8 Å². The highest BCUT2D eigenvalue weighted by molar-refractivity contribution is 5.80. The normalized spacial score (nSPS) is 20.3. The van der Waals surface area contributed by atoms with Gasteiger partial charge in [0.05, 0.1) is 19.3 Å². The number of hydrogen-bond donors (Lipinski definition) is 1. The number of guanidine groups is 1. The number of morpholine rings is 1. The van der Waals surface area contributed by atoms with Crippen molar-refractivity contribution in [1.29, 1.82) is 0 Å². The number of hydrogen-bond acceptors (Lipinski definition) is 3. The van der Waals surface area contributed by atoms with E-state index in [2.05, 4.69) is 43.0 Å². The Hall–Kier alpha value is -1.56. The molecule has 1 aromatic heterocycles. The third-order valence-electron chi connectivity index (χ3n) is 3.50. The first kappa shape index (κ1) is 16.8. The molecule has 2 rings (SSSR count). The molecule has 1 N–H and O–H groups in total. The van der Waals surface area contributed by atoms with E-state index in [4.69, 9.17) is 9.73 Å². The summed E-state index contributed by atoms with van der Waals surface area (Å²) in [6, 6.07) is 0. The minimum Gasteiger partial charge on any atom is -0.370 e. The lowest BCUT2D eigenvalue weighted by Crippen LogP contribution is -2.48. The van der Waals surface area contributed by atoms with E-state index < -0.39 is 0 Å². The van der Waals surface area contributed by atoms with Crippen molar-refractivity contribution in [2.45, 2.75) is 33.8 Å². The second kappa shape index (κ2) is 7.13. The summed E-state index contributed by atoms with van der Waals surface area (Å²) < 4.78 is 7.72. The van der Waals surface area contributed by atoms with Crippen molar-refractivity contribution in [1.82, 2.24) is 20.0 Å². The molecule has 6 nitrogen and oxygen atoms in total. The molecule has 1 aromatic rings. The van der Waals surface area contributed by atoms with Gasteiger partial charge >= 0.3 is 0 Å². The fourth-order valence-electron chi connectivity index (χ4n) is 2.39. The Labute approximate surface area is 133 Å². The molecule has 1 aliphatic rings. The van der Waals surface area contributed by atoms with Crippen LogP contribution in [-0.4, -0.2) is 53.4 Å². The van der Waals surface area contributed by atoms with Gasteiger partial charge in [-0.2, -0.15) is 5.10 Å². The Morgan fingerprint density at radius 2 is 2.27 bits per heavy atom. The molecule has 0 bridgehead atoms. The van der Waals surface area contributed by atoms with Crippen LogP contribution in [0.5, 0.6) is 0 Å². The first-order valence-corrected chi connectivity index (χ1v) is 8.02. The highest BCUT2D eigenvalue weighted by atomic mass is 16.5. The first-order valence-electron chi connectivity index (χ1n) is 8.02. The summed E-state index contributed by atoms with van der Waals surface area (Å²) in [5.74, 6) is 0.981. The van der Waals surface area contributed by atoms with Gasteiger partial charge in [-0.25, -0.2) is 0 Å². The molecular weight excluding hydrogens is 278 g/mol. The van der Waals surface area contributed by atoms with Crippen molar-refractivity contribution in [3.05, 3.63) is 18.0 Å². The summed E-state index contributed by atoms with van der Waals surface area (Å²) in [6.07, 6.45) is 3.96. The van der Waals surface area contributed by atoms with Crippen LogP contribution < -0.4 is 5.32 Å². The third kappa shape index (κ3) is 4.73. The van der Waals surface area contributed by atoms with E-state index in [-0.39, 0.29) is 11.5 Å². The minimum absolute atomic E-state index is 0.0564. The SMILES string of the molecule is CCNC(=NCC(C)(C)C)N1CCOC(c2cnn(C)c2)C1. The molecule has 6 heteroatoms. The average Bonchev–Trinajstić information content (AvgIpc) is 2.89. The molecule has 0 saturated carbocycles. The third-order valence-corrected chi connectivity index (χ3v) is 3.50. The van der Waals surface area contributed by atoms with E-state index in [1.54, 1.807) is 0 Å². The maximum Gasteiger partial charge on any atom is 0.194 e. The van der Waals surface area contributed by atoms with Crippen LogP contribution in [-0.2, 0) is 11.8 Å². The highest BCUT2D eigenvalue weighted by Gasteiger charge is 2.25. The Kier molecular flexibility index (Phi) is 5.45. The van der Waals surface area contributed by atoms with Crippen LogP contribution in [0, 0.1) is 5.41 Å². The van der Waals surface area contributed by atoms with E-state index in [1.165, 1.54) is 0 Å². The molecule has 124 valence electrons. The van der Waals surface area contributed by atoms with Crippen molar-refractivity contribution in [3.63, 3.8) is 0 Å². The van der Waals surface area contributed by atoms with Crippen LogP contribution in [0.1, 0.15) is 39.4 Å². The summed E-state index contributed by atoms with van der Waals surface area (Å²) in [6.45, 7) is 12.8. The van der Waals surface area contributed by atoms with E-state index in [1.807, 2.05) is 24.1 Å². The molecule has 0 amide bonds. The van der Waals surface area contributed by atoms with Gasteiger partial charge in [0.1, 0.15) is 6.10 Å². The summed E-state index contributed by atoms with van der Waals surface area (Å²) in [5, 5.41) is 7.64. The molecule has 0 radical (unpaired) electrons. The lowest BCUT2D eigenvalue weighted by Gasteiger charge is -2.35. The highest BCUT2D eigenvalue weighted by Crippen LogP contribution is 2.22. The monoisotopic (exact) mass is 307 g/mol. The van der Waals surface area contributed by atoms with Crippen LogP contribution in [0.25, 0.3) is 0 Å². The first-order chi connectivity index (χ1) is 10.4. The van der Waals surface area contributed by atoms with E-state index in [9.17, 15) is 0 Å². The Balaban J connectivity index is 2.07.